The lowest BCUT2D eigenvalue weighted by Gasteiger charge is -2.36. The Morgan fingerprint density at radius 1 is 1.18 bits per heavy atom. The maximum atomic E-state index is 12.7. The highest BCUT2D eigenvalue weighted by atomic mass is 35.5. The molecule has 0 saturated carbocycles. The minimum atomic E-state index is -5.45. The van der Waals surface area contributed by atoms with Crippen molar-refractivity contribution in [3.63, 3.8) is 0 Å². The van der Waals surface area contributed by atoms with Crippen molar-refractivity contribution in [2.75, 3.05) is 37.6 Å². The number of halogens is 4. The predicted molar refractivity (Wildman–Crippen MR) is 79.0 cm³/mol. The van der Waals surface area contributed by atoms with Crippen molar-refractivity contribution in [2.45, 2.75) is 17.3 Å². The molecule has 0 spiro atoms. The lowest BCUT2D eigenvalue weighted by molar-refractivity contribution is -0.0435. The standard InChI is InChI=1S/C13H16ClF3N2O2S/c1-2-18-6-8-19(9-7-18)10-4-3-5-11(12(10)14)22(20,21)13(15,16)17/h3-5H,2,6-9H2,1H3. The van der Waals surface area contributed by atoms with Crippen LogP contribution in [0.4, 0.5) is 18.9 Å². The van der Waals surface area contributed by atoms with Crippen molar-refractivity contribution in [3.05, 3.63) is 23.2 Å². The van der Waals surface area contributed by atoms with Crippen LogP contribution in [0.25, 0.3) is 0 Å². The highest BCUT2D eigenvalue weighted by Crippen LogP contribution is 2.38. The van der Waals surface area contributed by atoms with Crippen LogP contribution < -0.4 is 4.90 Å². The molecule has 0 N–H and O–H groups in total. The number of benzene rings is 1. The third kappa shape index (κ3) is 3.18. The van der Waals surface area contributed by atoms with Crippen LogP contribution in [-0.2, 0) is 9.84 Å². The Labute approximate surface area is 132 Å². The lowest BCUT2D eigenvalue weighted by atomic mass is 10.2. The Morgan fingerprint density at radius 3 is 2.27 bits per heavy atom. The monoisotopic (exact) mass is 356 g/mol. The highest BCUT2D eigenvalue weighted by Gasteiger charge is 2.48. The van der Waals surface area contributed by atoms with Gasteiger partial charge in [-0.2, -0.15) is 13.2 Å². The fraction of sp³-hybridized carbons (Fsp3) is 0.538. The Kier molecular flexibility index (Phi) is 4.93. The zero-order chi connectivity index (χ0) is 16.5. The van der Waals surface area contributed by atoms with E-state index in [-0.39, 0.29) is 5.02 Å². The lowest BCUT2D eigenvalue weighted by Crippen LogP contribution is -2.46. The molecular formula is C13H16ClF3N2O2S. The second-order valence-electron chi connectivity index (χ2n) is 4.96. The fourth-order valence-corrected chi connectivity index (χ4v) is 3.78. The van der Waals surface area contributed by atoms with Gasteiger partial charge >= 0.3 is 5.51 Å². The molecule has 1 saturated heterocycles. The average Bonchev–Trinajstić information content (AvgIpc) is 2.46. The Balaban J connectivity index is 2.36. The molecule has 22 heavy (non-hydrogen) atoms. The number of hydrogen-bond donors (Lipinski definition) is 0. The van der Waals surface area contributed by atoms with E-state index < -0.39 is 20.2 Å². The quantitative estimate of drug-likeness (QED) is 0.835. The summed E-state index contributed by atoms with van der Waals surface area (Å²) in [6.45, 7) is 5.60. The fourth-order valence-electron chi connectivity index (χ4n) is 2.38. The molecule has 0 aromatic heterocycles. The molecule has 0 radical (unpaired) electrons. The summed E-state index contributed by atoms with van der Waals surface area (Å²) in [5.41, 5.74) is -5.04. The number of anilines is 1. The first-order chi connectivity index (χ1) is 10.2. The molecule has 0 bridgehead atoms. The molecule has 1 fully saturated rings. The van der Waals surface area contributed by atoms with Crippen molar-refractivity contribution >= 4 is 27.1 Å². The van der Waals surface area contributed by atoms with E-state index in [9.17, 15) is 21.6 Å². The van der Waals surface area contributed by atoms with Crippen LogP contribution in [0.2, 0.25) is 5.02 Å². The summed E-state index contributed by atoms with van der Waals surface area (Å²) in [6.07, 6.45) is 0. The number of nitrogens with zero attached hydrogens (tertiary/aromatic N) is 2. The Bertz CT molecular complexity index is 641. The van der Waals surface area contributed by atoms with E-state index in [1.165, 1.54) is 6.07 Å². The zero-order valence-corrected chi connectivity index (χ0v) is 13.5. The van der Waals surface area contributed by atoms with Gasteiger partial charge in [0.25, 0.3) is 9.84 Å². The van der Waals surface area contributed by atoms with E-state index in [1.807, 2.05) is 11.8 Å². The first-order valence-electron chi connectivity index (χ1n) is 6.75. The average molecular weight is 357 g/mol. The molecule has 9 heteroatoms. The third-order valence-electron chi connectivity index (χ3n) is 3.70. The van der Waals surface area contributed by atoms with E-state index in [0.29, 0.717) is 18.8 Å². The molecule has 0 aliphatic carbocycles. The molecule has 0 amide bonds. The molecule has 2 rings (SSSR count). The molecule has 1 aliphatic rings. The van der Waals surface area contributed by atoms with Crippen molar-refractivity contribution in [1.82, 2.24) is 4.90 Å². The third-order valence-corrected chi connectivity index (χ3v) is 5.74. The number of piperazine rings is 1. The number of rotatable bonds is 3. The molecule has 0 atom stereocenters. The van der Waals surface area contributed by atoms with Gasteiger partial charge < -0.3 is 9.80 Å². The van der Waals surface area contributed by atoms with Crippen LogP contribution in [-0.4, -0.2) is 51.5 Å². The Hall–Kier alpha value is -0.990. The summed E-state index contributed by atoms with van der Waals surface area (Å²) >= 11 is 5.97. The largest absolute Gasteiger partial charge is 0.501 e. The number of hydrogen-bond acceptors (Lipinski definition) is 4. The second kappa shape index (κ2) is 6.25. The summed E-state index contributed by atoms with van der Waals surface area (Å²) in [4.78, 5) is 3.11. The van der Waals surface area contributed by atoms with Gasteiger partial charge in [0.1, 0.15) is 0 Å². The SMILES string of the molecule is CCN1CCN(c2cccc(S(=O)(=O)C(F)(F)F)c2Cl)CC1. The van der Waals surface area contributed by atoms with Gasteiger partial charge in [-0.1, -0.05) is 24.6 Å². The van der Waals surface area contributed by atoms with Gasteiger partial charge in [-0.3, -0.25) is 0 Å². The van der Waals surface area contributed by atoms with E-state index >= 15 is 0 Å². The molecule has 1 aromatic carbocycles. The minimum absolute atomic E-state index is 0.322. The Morgan fingerprint density at radius 2 is 1.77 bits per heavy atom. The molecular weight excluding hydrogens is 341 g/mol. The predicted octanol–water partition coefficient (Wildman–Crippen LogP) is 2.78. The van der Waals surface area contributed by atoms with Gasteiger partial charge in [0.05, 0.1) is 15.6 Å². The summed E-state index contributed by atoms with van der Waals surface area (Å²) in [7, 11) is -5.45. The van der Waals surface area contributed by atoms with Crippen LogP contribution in [0.5, 0.6) is 0 Å². The van der Waals surface area contributed by atoms with Gasteiger partial charge in [-0.25, -0.2) is 8.42 Å². The molecule has 1 heterocycles. The van der Waals surface area contributed by atoms with E-state index in [4.69, 9.17) is 11.6 Å². The maximum Gasteiger partial charge on any atom is 0.501 e. The summed E-state index contributed by atoms with van der Waals surface area (Å²) in [6, 6.07) is 3.71. The molecule has 0 unspecified atom stereocenters. The number of likely N-dealkylation sites (N-methyl/N-ethyl adjacent to an activating group) is 1. The zero-order valence-electron chi connectivity index (χ0n) is 11.9. The van der Waals surface area contributed by atoms with Gasteiger partial charge in [-0.05, 0) is 18.7 Å². The smallest absolute Gasteiger partial charge is 0.368 e. The topological polar surface area (TPSA) is 40.6 Å². The van der Waals surface area contributed by atoms with Crippen LogP contribution in [0.15, 0.2) is 23.1 Å². The highest BCUT2D eigenvalue weighted by molar-refractivity contribution is 7.92. The maximum absolute atomic E-state index is 12.7. The normalized spacial score (nSPS) is 17.8. The van der Waals surface area contributed by atoms with E-state index in [0.717, 1.165) is 25.7 Å². The first-order valence-corrected chi connectivity index (χ1v) is 8.61. The molecule has 4 nitrogen and oxygen atoms in total. The van der Waals surface area contributed by atoms with Crippen LogP contribution >= 0.6 is 11.6 Å². The second-order valence-corrected chi connectivity index (χ2v) is 7.25. The summed E-state index contributed by atoms with van der Waals surface area (Å²) in [5.74, 6) is 0. The van der Waals surface area contributed by atoms with Gasteiger partial charge in [0, 0.05) is 26.2 Å². The van der Waals surface area contributed by atoms with Gasteiger partial charge in [-0.15, -0.1) is 0 Å². The summed E-state index contributed by atoms with van der Waals surface area (Å²) < 4.78 is 61.3. The van der Waals surface area contributed by atoms with Gasteiger partial charge in [0.15, 0.2) is 0 Å². The van der Waals surface area contributed by atoms with Crippen molar-refractivity contribution in [3.8, 4) is 0 Å². The number of sulfone groups is 1. The van der Waals surface area contributed by atoms with Crippen molar-refractivity contribution in [2.24, 2.45) is 0 Å². The summed E-state index contributed by atoms with van der Waals surface area (Å²) in [5, 5.41) is -0.371. The van der Waals surface area contributed by atoms with E-state index in [2.05, 4.69) is 4.90 Å². The van der Waals surface area contributed by atoms with Crippen LogP contribution in [0.1, 0.15) is 6.92 Å². The van der Waals surface area contributed by atoms with Crippen molar-refractivity contribution < 1.29 is 21.6 Å². The minimum Gasteiger partial charge on any atom is -0.368 e. The van der Waals surface area contributed by atoms with Crippen molar-refractivity contribution in [1.29, 1.82) is 0 Å². The first kappa shape index (κ1) is 17.4. The van der Waals surface area contributed by atoms with Crippen LogP contribution in [0.3, 0.4) is 0 Å². The van der Waals surface area contributed by atoms with E-state index in [1.54, 1.807) is 6.07 Å². The molecule has 124 valence electrons. The number of alkyl halides is 3. The van der Waals surface area contributed by atoms with Gasteiger partial charge in [0.2, 0.25) is 0 Å². The van der Waals surface area contributed by atoms with Crippen LogP contribution in [0, 0.1) is 0 Å². The molecule has 1 aromatic rings. The molecule has 1 aliphatic heterocycles.